The Morgan fingerprint density at radius 1 is 1.26 bits per heavy atom. The fourth-order valence-corrected chi connectivity index (χ4v) is 2.84. The van der Waals surface area contributed by atoms with Crippen LogP contribution in [0.25, 0.3) is 0 Å². The number of carbonyl (C=O) groups excluding carboxylic acids is 1. The van der Waals surface area contributed by atoms with E-state index in [-0.39, 0.29) is 12.0 Å². The van der Waals surface area contributed by atoms with Crippen molar-refractivity contribution < 1.29 is 9.53 Å². The summed E-state index contributed by atoms with van der Waals surface area (Å²) in [5.41, 5.74) is 5.05. The monoisotopic (exact) mass is 260 g/mol. The molecule has 1 amide bonds. The van der Waals surface area contributed by atoms with Crippen LogP contribution in [0.5, 0.6) is 5.75 Å². The van der Waals surface area contributed by atoms with E-state index in [0.717, 1.165) is 31.4 Å². The van der Waals surface area contributed by atoms with Gasteiger partial charge in [-0.05, 0) is 37.8 Å². The molecule has 102 valence electrons. The van der Waals surface area contributed by atoms with E-state index in [0.29, 0.717) is 12.5 Å². The van der Waals surface area contributed by atoms with Gasteiger partial charge in [0, 0.05) is 12.5 Å². The van der Waals surface area contributed by atoms with E-state index in [2.05, 4.69) is 5.32 Å². The Hall–Kier alpha value is -1.55. The maximum Gasteiger partial charge on any atom is 0.237 e. The van der Waals surface area contributed by atoms with Crippen LogP contribution in [0.1, 0.15) is 32.1 Å². The van der Waals surface area contributed by atoms with Gasteiger partial charge >= 0.3 is 0 Å². The number of amides is 1. The molecule has 4 heteroatoms. The molecule has 2 aliphatic carbocycles. The second-order valence-electron chi connectivity index (χ2n) is 5.66. The highest BCUT2D eigenvalue weighted by Crippen LogP contribution is 2.35. The molecule has 19 heavy (non-hydrogen) atoms. The van der Waals surface area contributed by atoms with Gasteiger partial charge in [-0.1, -0.05) is 18.2 Å². The third kappa shape index (κ3) is 2.73. The SMILES string of the molecule is NC(=O)C1(NC2CC2)CCC(Oc2ccccc2)C1. The van der Waals surface area contributed by atoms with E-state index in [4.69, 9.17) is 10.5 Å². The molecule has 4 nitrogen and oxygen atoms in total. The minimum absolute atomic E-state index is 0.0705. The number of para-hydroxylation sites is 1. The standard InChI is InChI=1S/C15H20N2O2/c16-14(18)15(17-11-6-7-11)9-8-13(10-15)19-12-4-2-1-3-5-12/h1-5,11,13,17H,6-10H2,(H2,16,18). The second-order valence-corrected chi connectivity index (χ2v) is 5.66. The van der Waals surface area contributed by atoms with Crippen LogP contribution >= 0.6 is 0 Å². The van der Waals surface area contributed by atoms with E-state index in [9.17, 15) is 4.79 Å². The smallest absolute Gasteiger partial charge is 0.237 e. The first-order valence-corrected chi connectivity index (χ1v) is 6.97. The molecule has 3 rings (SSSR count). The molecule has 2 aliphatic rings. The number of hydrogen-bond donors (Lipinski definition) is 2. The van der Waals surface area contributed by atoms with Gasteiger partial charge in [0.05, 0.1) is 0 Å². The van der Waals surface area contributed by atoms with E-state index in [1.807, 2.05) is 30.3 Å². The van der Waals surface area contributed by atoms with Gasteiger partial charge in [0.1, 0.15) is 17.4 Å². The number of benzene rings is 1. The third-order valence-electron chi connectivity index (χ3n) is 4.04. The van der Waals surface area contributed by atoms with Gasteiger partial charge in [-0.25, -0.2) is 0 Å². The molecule has 2 atom stereocenters. The van der Waals surface area contributed by atoms with Crippen molar-refractivity contribution in [2.45, 2.75) is 49.8 Å². The highest BCUT2D eigenvalue weighted by molar-refractivity contribution is 5.85. The molecule has 2 saturated carbocycles. The van der Waals surface area contributed by atoms with Crippen LogP contribution in [0, 0.1) is 0 Å². The van der Waals surface area contributed by atoms with E-state index < -0.39 is 5.54 Å². The number of carbonyl (C=O) groups is 1. The maximum absolute atomic E-state index is 11.8. The molecule has 1 aromatic rings. The van der Waals surface area contributed by atoms with Crippen molar-refractivity contribution in [3.05, 3.63) is 30.3 Å². The predicted octanol–water partition coefficient (Wildman–Crippen LogP) is 1.59. The van der Waals surface area contributed by atoms with E-state index in [1.54, 1.807) is 0 Å². The van der Waals surface area contributed by atoms with Crippen LogP contribution in [-0.2, 0) is 4.79 Å². The van der Waals surface area contributed by atoms with Crippen molar-refractivity contribution in [3.63, 3.8) is 0 Å². The molecule has 0 heterocycles. The summed E-state index contributed by atoms with van der Waals surface area (Å²) in [5.74, 6) is 0.623. The Kier molecular flexibility index (Phi) is 3.19. The number of primary amides is 1. The second kappa shape index (κ2) is 4.85. The van der Waals surface area contributed by atoms with Crippen molar-refractivity contribution in [2.24, 2.45) is 5.73 Å². The largest absolute Gasteiger partial charge is 0.490 e. The Morgan fingerprint density at radius 2 is 2.00 bits per heavy atom. The summed E-state index contributed by atoms with van der Waals surface area (Å²) in [6.07, 6.45) is 4.70. The zero-order valence-corrected chi connectivity index (χ0v) is 11.0. The molecule has 1 aromatic carbocycles. The Bertz CT molecular complexity index is 458. The Balaban J connectivity index is 1.65. The average molecular weight is 260 g/mol. The van der Waals surface area contributed by atoms with E-state index in [1.165, 1.54) is 0 Å². The van der Waals surface area contributed by atoms with Gasteiger partial charge in [-0.2, -0.15) is 0 Å². The summed E-state index contributed by atoms with van der Waals surface area (Å²) in [4.78, 5) is 11.8. The normalized spacial score (nSPS) is 30.2. The molecule has 2 unspecified atom stereocenters. The summed E-state index contributed by atoms with van der Waals surface area (Å²) in [7, 11) is 0. The van der Waals surface area contributed by atoms with E-state index >= 15 is 0 Å². The first-order chi connectivity index (χ1) is 9.18. The lowest BCUT2D eigenvalue weighted by Crippen LogP contribution is -2.55. The minimum Gasteiger partial charge on any atom is -0.490 e. The first-order valence-electron chi connectivity index (χ1n) is 6.97. The number of hydrogen-bond acceptors (Lipinski definition) is 3. The van der Waals surface area contributed by atoms with Gasteiger partial charge in [-0.3, -0.25) is 4.79 Å². The van der Waals surface area contributed by atoms with Gasteiger partial charge in [0.15, 0.2) is 0 Å². The van der Waals surface area contributed by atoms with Crippen LogP contribution in [0.4, 0.5) is 0 Å². The fraction of sp³-hybridized carbons (Fsp3) is 0.533. The summed E-state index contributed by atoms with van der Waals surface area (Å²) in [6.45, 7) is 0. The molecule has 0 saturated heterocycles. The topological polar surface area (TPSA) is 64.4 Å². The predicted molar refractivity (Wildman–Crippen MR) is 72.8 cm³/mol. The molecule has 3 N–H and O–H groups in total. The quantitative estimate of drug-likeness (QED) is 0.845. The highest BCUT2D eigenvalue weighted by atomic mass is 16.5. The molecular formula is C15H20N2O2. The molecule has 0 bridgehead atoms. The zero-order chi connectivity index (χ0) is 13.3. The van der Waals surface area contributed by atoms with Gasteiger partial charge < -0.3 is 15.8 Å². The van der Waals surface area contributed by atoms with Crippen LogP contribution in [0.15, 0.2) is 30.3 Å². The van der Waals surface area contributed by atoms with Crippen molar-refractivity contribution >= 4 is 5.91 Å². The van der Waals surface area contributed by atoms with Gasteiger partial charge in [-0.15, -0.1) is 0 Å². The van der Waals surface area contributed by atoms with Crippen molar-refractivity contribution in [3.8, 4) is 5.75 Å². The van der Waals surface area contributed by atoms with Crippen LogP contribution in [0.2, 0.25) is 0 Å². The van der Waals surface area contributed by atoms with Crippen molar-refractivity contribution in [1.29, 1.82) is 0 Å². The molecule has 2 fully saturated rings. The molecule has 0 spiro atoms. The Labute approximate surface area is 113 Å². The number of ether oxygens (including phenoxy) is 1. The molecule has 0 aromatic heterocycles. The molecule has 0 radical (unpaired) electrons. The number of nitrogens with one attached hydrogen (secondary N) is 1. The van der Waals surface area contributed by atoms with Crippen LogP contribution < -0.4 is 15.8 Å². The zero-order valence-electron chi connectivity index (χ0n) is 11.0. The first kappa shape index (κ1) is 12.5. The lowest BCUT2D eigenvalue weighted by Gasteiger charge is -2.27. The number of nitrogens with two attached hydrogens (primary N) is 1. The fourth-order valence-electron chi connectivity index (χ4n) is 2.84. The Morgan fingerprint density at radius 3 is 2.63 bits per heavy atom. The van der Waals surface area contributed by atoms with Crippen LogP contribution in [-0.4, -0.2) is 23.6 Å². The summed E-state index contributed by atoms with van der Waals surface area (Å²) in [6, 6.07) is 10.2. The van der Waals surface area contributed by atoms with Gasteiger partial charge in [0.2, 0.25) is 5.91 Å². The van der Waals surface area contributed by atoms with Crippen LogP contribution in [0.3, 0.4) is 0 Å². The molecular weight excluding hydrogens is 240 g/mol. The van der Waals surface area contributed by atoms with Crippen molar-refractivity contribution in [1.82, 2.24) is 5.32 Å². The average Bonchev–Trinajstić information content (AvgIpc) is 3.11. The molecule has 0 aliphatic heterocycles. The minimum atomic E-state index is -0.555. The summed E-state index contributed by atoms with van der Waals surface area (Å²) >= 11 is 0. The lowest BCUT2D eigenvalue weighted by molar-refractivity contribution is -0.124. The lowest BCUT2D eigenvalue weighted by atomic mass is 9.96. The summed E-state index contributed by atoms with van der Waals surface area (Å²) in [5, 5.41) is 3.43. The number of rotatable bonds is 5. The maximum atomic E-state index is 11.8. The van der Waals surface area contributed by atoms with Crippen molar-refractivity contribution in [2.75, 3.05) is 0 Å². The highest BCUT2D eigenvalue weighted by Gasteiger charge is 2.47. The summed E-state index contributed by atoms with van der Waals surface area (Å²) < 4.78 is 5.93. The van der Waals surface area contributed by atoms with Gasteiger partial charge in [0.25, 0.3) is 0 Å². The third-order valence-corrected chi connectivity index (χ3v) is 4.04.